The summed E-state index contributed by atoms with van der Waals surface area (Å²) in [5.41, 5.74) is -2.65. The first-order valence-corrected chi connectivity index (χ1v) is 18.9. The average molecular weight is 612 g/mol. The van der Waals surface area contributed by atoms with Gasteiger partial charge in [0, 0.05) is 10.9 Å². The number of alkyl halides is 6. The fraction of sp³-hybridized carbons (Fsp3) is 0.429. The zero-order valence-corrected chi connectivity index (χ0v) is 23.9. The van der Waals surface area contributed by atoms with Gasteiger partial charge < -0.3 is 9.67 Å². The topological polar surface area (TPSA) is 23.5 Å². The Morgan fingerprint density at radius 2 is 1.30 bits per heavy atom. The normalized spacial score (nSPS) is 12.7. The van der Waals surface area contributed by atoms with Crippen LogP contribution in [0.15, 0.2) is 36.4 Å². The van der Waals surface area contributed by atoms with Gasteiger partial charge in [-0.2, -0.15) is 26.3 Å². The molecule has 0 saturated heterocycles. The Labute approximate surface area is 209 Å². The van der Waals surface area contributed by atoms with Gasteiger partial charge in [-0.05, 0) is 49.3 Å². The quantitative estimate of drug-likeness (QED) is 0.285. The predicted molar refractivity (Wildman–Crippen MR) is 120 cm³/mol. The van der Waals surface area contributed by atoms with Crippen molar-refractivity contribution in [3.05, 3.63) is 53.1 Å². The summed E-state index contributed by atoms with van der Waals surface area (Å²) in [6, 6.07) is 6.72. The molecule has 0 aliphatic rings. The van der Waals surface area contributed by atoms with E-state index in [1.807, 2.05) is 20.8 Å². The van der Waals surface area contributed by atoms with Crippen molar-refractivity contribution in [1.29, 1.82) is 0 Å². The van der Waals surface area contributed by atoms with Crippen molar-refractivity contribution < 1.29 is 52.3 Å². The molecule has 12 heteroatoms. The van der Waals surface area contributed by atoms with E-state index in [1.165, 1.54) is 11.6 Å². The molecular formula is C21H25Cl2F6NOSiZr. The van der Waals surface area contributed by atoms with E-state index in [0.29, 0.717) is 22.9 Å². The van der Waals surface area contributed by atoms with Crippen LogP contribution in [0.5, 0.6) is 5.75 Å². The van der Waals surface area contributed by atoms with Gasteiger partial charge in [-0.25, -0.2) is 0 Å². The summed E-state index contributed by atoms with van der Waals surface area (Å²) in [5.74, 6) is 0.0246. The number of phenolic OH excluding ortho intramolecular Hbond substituents is 1. The molecule has 0 radical (unpaired) electrons. The molecule has 0 spiro atoms. The van der Waals surface area contributed by atoms with Gasteiger partial charge in [0.1, 0.15) is 5.75 Å². The van der Waals surface area contributed by atoms with Crippen LogP contribution >= 0.6 is 17.0 Å². The summed E-state index contributed by atoms with van der Waals surface area (Å²) in [4.78, 5) is 0. The zero-order valence-electron chi connectivity index (χ0n) is 18.9. The summed E-state index contributed by atoms with van der Waals surface area (Å²) >= 11 is -0.826. The Morgan fingerprint density at radius 3 is 1.67 bits per heavy atom. The molecule has 0 saturated carbocycles. The molecule has 2 nitrogen and oxygen atoms in total. The van der Waals surface area contributed by atoms with E-state index < -0.39 is 52.6 Å². The second kappa shape index (κ2) is 10.9. The molecule has 0 amide bonds. The molecule has 184 valence electrons. The summed E-state index contributed by atoms with van der Waals surface area (Å²) in [5, 5.41) is 11.4. The van der Waals surface area contributed by atoms with Crippen molar-refractivity contribution >= 4 is 36.1 Å². The van der Waals surface area contributed by atoms with E-state index in [1.54, 1.807) is 31.3 Å². The maximum atomic E-state index is 13.3. The first-order chi connectivity index (χ1) is 14.8. The van der Waals surface area contributed by atoms with Crippen LogP contribution in [0.4, 0.5) is 32.0 Å². The van der Waals surface area contributed by atoms with Crippen molar-refractivity contribution in [2.75, 3.05) is 11.6 Å². The van der Waals surface area contributed by atoms with Crippen LogP contribution in [-0.2, 0) is 38.6 Å². The molecule has 0 fully saturated rings. The third-order valence-corrected chi connectivity index (χ3v) is 8.96. The Hall–Kier alpha value is -0.700. The molecule has 2 aromatic carbocycles. The van der Waals surface area contributed by atoms with Gasteiger partial charge in [0.25, 0.3) is 0 Å². The van der Waals surface area contributed by atoms with Gasteiger partial charge in [0.05, 0.1) is 11.1 Å². The first kappa shape index (κ1) is 30.3. The van der Waals surface area contributed by atoms with Gasteiger partial charge in [-0.1, -0.05) is 39.0 Å². The monoisotopic (exact) mass is 609 g/mol. The van der Waals surface area contributed by atoms with Gasteiger partial charge >= 0.3 is 50.2 Å². The molecule has 0 heterocycles. The summed E-state index contributed by atoms with van der Waals surface area (Å²) in [6.07, 6.45) is -9.84. The molecule has 33 heavy (non-hydrogen) atoms. The molecule has 0 aliphatic heterocycles. The van der Waals surface area contributed by atoms with Crippen molar-refractivity contribution in [2.24, 2.45) is 0 Å². The van der Waals surface area contributed by atoms with Crippen LogP contribution in [0.1, 0.15) is 37.5 Å². The van der Waals surface area contributed by atoms with E-state index in [2.05, 4.69) is 0 Å². The fourth-order valence-electron chi connectivity index (χ4n) is 3.28. The second-order valence-corrected chi connectivity index (χ2v) is 17.0. The number of nitrogens with zero attached hydrogens (tertiary/aromatic N) is 1. The number of halogens is 8. The number of hydrogen-bond donors (Lipinski definition) is 1. The molecule has 0 bridgehead atoms. The van der Waals surface area contributed by atoms with Crippen molar-refractivity contribution in [1.82, 2.24) is 0 Å². The fourth-order valence-corrected chi connectivity index (χ4v) is 5.63. The van der Waals surface area contributed by atoms with E-state index in [0.717, 1.165) is 0 Å². The summed E-state index contributed by atoms with van der Waals surface area (Å²) < 4.78 is 81.0. The van der Waals surface area contributed by atoms with E-state index in [4.69, 9.17) is 17.0 Å². The van der Waals surface area contributed by atoms with Crippen LogP contribution in [0.25, 0.3) is 0 Å². The Kier molecular flexibility index (Phi) is 10.0. The number of aromatic hydroxyl groups is 1. The molecule has 0 aromatic heterocycles. The molecular weight excluding hydrogens is 586 g/mol. The van der Waals surface area contributed by atoms with Crippen LogP contribution < -0.4 is 9.75 Å². The number of para-hydroxylation sites is 1. The molecule has 1 N–H and O–H groups in total. The minimum absolute atomic E-state index is 0.0246. The average Bonchev–Trinajstić information content (AvgIpc) is 2.65. The molecule has 2 rings (SSSR count). The Balaban J connectivity index is 0.00000172. The van der Waals surface area contributed by atoms with Crippen LogP contribution in [-0.4, -0.2) is 20.4 Å². The molecule has 0 unspecified atom stereocenters. The summed E-state index contributed by atoms with van der Waals surface area (Å²) in [6.45, 7) is 9.26. The van der Waals surface area contributed by atoms with Crippen LogP contribution in [0.3, 0.4) is 0 Å². The van der Waals surface area contributed by atoms with E-state index >= 15 is 0 Å². The number of anilines is 1. The zero-order chi connectivity index (χ0) is 26.0. The van der Waals surface area contributed by atoms with Crippen LogP contribution in [0.2, 0.25) is 13.1 Å². The van der Waals surface area contributed by atoms with Gasteiger partial charge in [0.2, 0.25) is 0 Å². The summed E-state index contributed by atoms with van der Waals surface area (Å²) in [7, 11) is 8.44. The maximum absolute atomic E-state index is 13.3. The minimum atomic E-state index is -4.92. The van der Waals surface area contributed by atoms with Crippen molar-refractivity contribution in [3.8, 4) is 5.75 Å². The number of phenols is 1. The molecule has 2 aromatic rings. The Bertz CT molecular complexity index is 929. The van der Waals surface area contributed by atoms with Gasteiger partial charge in [-0.3, -0.25) is 0 Å². The van der Waals surface area contributed by atoms with Gasteiger partial charge in [0.15, 0.2) is 8.24 Å². The molecule has 0 aliphatic carbocycles. The Morgan fingerprint density at radius 1 is 0.879 bits per heavy atom. The SMILES string of the molecule is CN(c1cc(C(F)(F)F)cc(C(F)(F)F)c1)[Si](C)(C)c1cccc(C(C)(C)C)c1O.[Cl][Zr][Cl]. The number of hydrogen-bond acceptors (Lipinski definition) is 2. The van der Waals surface area contributed by atoms with E-state index in [-0.39, 0.29) is 22.9 Å². The third-order valence-electron chi connectivity index (χ3n) is 5.30. The molecule has 0 atom stereocenters. The van der Waals surface area contributed by atoms with Gasteiger partial charge in [-0.15, -0.1) is 0 Å². The number of benzene rings is 2. The van der Waals surface area contributed by atoms with Crippen LogP contribution in [0, 0.1) is 0 Å². The second-order valence-electron chi connectivity index (χ2n) is 8.91. The third kappa shape index (κ3) is 7.64. The standard InChI is InChI=1S/C21H25F6NOSi.2ClH.Zr/c1-19(2,3)16-8-7-9-17(18(16)29)30(5,6)28(4)15-11-13(20(22,23)24)10-14(12-15)21(25,26)27;;;/h7-12,29H,1-6H3;2*1H;/q;;;+2/p-2. The van der Waals surface area contributed by atoms with E-state index in [9.17, 15) is 31.4 Å². The predicted octanol–water partition coefficient (Wildman–Crippen LogP) is 7.65. The number of rotatable bonds is 3. The van der Waals surface area contributed by atoms with Crippen molar-refractivity contribution in [3.63, 3.8) is 0 Å². The first-order valence-electron chi connectivity index (χ1n) is 9.61. The van der Waals surface area contributed by atoms with Crippen molar-refractivity contribution in [2.45, 2.75) is 51.6 Å².